The van der Waals surface area contributed by atoms with Crippen molar-refractivity contribution in [3.63, 3.8) is 0 Å². The van der Waals surface area contributed by atoms with Gasteiger partial charge in [-0.15, -0.1) is 0 Å². The summed E-state index contributed by atoms with van der Waals surface area (Å²) < 4.78 is 10.4. The van der Waals surface area contributed by atoms with Crippen molar-refractivity contribution in [2.75, 3.05) is 7.11 Å². The first-order valence-corrected chi connectivity index (χ1v) is 6.45. The van der Waals surface area contributed by atoms with Crippen molar-refractivity contribution in [3.05, 3.63) is 48.0 Å². The number of rotatable bonds is 3. The Morgan fingerprint density at radius 1 is 1.05 bits per heavy atom. The summed E-state index contributed by atoms with van der Waals surface area (Å²) >= 11 is 0. The van der Waals surface area contributed by atoms with Gasteiger partial charge in [-0.1, -0.05) is 5.16 Å². The summed E-state index contributed by atoms with van der Waals surface area (Å²) in [6.45, 7) is 1.82. The van der Waals surface area contributed by atoms with Crippen molar-refractivity contribution >= 4 is 0 Å². The number of aromatic nitrogens is 2. The number of phenolic OH excluding ortho intramolecular Hbond substituents is 1. The largest absolute Gasteiger partial charge is 0.508 e. The fourth-order valence-corrected chi connectivity index (χ4v) is 1.99. The molecule has 0 spiro atoms. The number of hydrogen-bond acceptors (Lipinski definition) is 5. The molecule has 0 atom stereocenters. The minimum absolute atomic E-state index is 0.244. The summed E-state index contributed by atoms with van der Waals surface area (Å²) in [5, 5.41) is 13.5. The van der Waals surface area contributed by atoms with E-state index in [4.69, 9.17) is 9.26 Å². The van der Waals surface area contributed by atoms with Gasteiger partial charge in [0.1, 0.15) is 11.5 Å². The first-order chi connectivity index (χ1) is 10.2. The molecule has 0 aliphatic carbocycles. The minimum Gasteiger partial charge on any atom is -0.508 e. The van der Waals surface area contributed by atoms with Crippen LogP contribution in [0.5, 0.6) is 11.5 Å². The van der Waals surface area contributed by atoms with E-state index in [0.717, 1.165) is 22.4 Å². The van der Waals surface area contributed by atoms with Gasteiger partial charge in [0, 0.05) is 11.1 Å². The number of nitrogens with zero attached hydrogens (tertiary/aromatic N) is 2. The molecular weight excluding hydrogens is 268 g/mol. The molecule has 0 saturated carbocycles. The molecule has 3 aromatic rings. The summed E-state index contributed by atoms with van der Waals surface area (Å²) in [6, 6.07) is 12.6. The Labute approximate surface area is 121 Å². The average molecular weight is 282 g/mol. The van der Waals surface area contributed by atoms with Gasteiger partial charge in [-0.05, 0) is 55.0 Å². The van der Waals surface area contributed by atoms with Gasteiger partial charge in [0.25, 0.3) is 5.89 Å². The smallest absolute Gasteiger partial charge is 0.258 e. The van der Waals surface area contributed by atoms with Gasteiger partial charge in [0.15, 0.2) is 0 Å². The van der Waals surface area contributed by atoms with Crippen LogP contribution in [0.2, 0.25) is 0 Å². The van der Waals surface area contributed by atoms with Crippen LogP contribution < -0.4 is 4.74 Å². The lowest BCUT2D eigenvalue weighted by molar-refractivity contribution is 0.414. The predicted octanol–water partition coefficient (Wildman–Crippen LogP) is 3.43. The predicted molar refractivity (Wildman–Crippen MR) is 78.1 cm³/mol. The van der Waals surface area contributed by atoms with E-state index in [1.54, 1.807) is 25.3 Å². The molecule has 0 aliphatic heterocycles. The van der Waals surface area contributed by atoms with Gasteiger partial charge in [-0.3, -0.25) is 0 Å². The fraction of sp³-hybridized carbons (Fsp3) is 0.125. The van der Waals surface area contributed by atoms with E-state index in [9.17, 15) is 5.11 Å². The Kier molecular flexibility index (Phi) is 3.31. The quantitative estimate of drug-likeness (QED) is 0.797. The zero-order valence-corrected chi connectivity index (χ0v) is 11.7. The van der Waals surface area contributed by atoms with Crippen LogP contribution in [-0.2, 0) is 0 Å². The highest BCUT2D eigenvalue weighted by atomic mass is 16.5. The summed E-state index contributed by atoms with van der Waals surface area (Å²) in [7, 11) is 1.62. The molecule has 0 aliphatic rings. The molecule has 1 heterocycles. The van der Waals surface area contributed by atoms with Crippen LogP contribution >= 0.6 is 0 Å². The van der Waals surface area contributed by atoms with Gasteiger partial charge in [0.2, 0.25) is 5.82 Å². The van der Waals surface area contributed by atoms with Crippen LogP contribution in [0.4, 0.5) is 0 Å². The molecule has 0 unspecified atom stereocenters. The van der Waals surface area contributed by atoms with Crippen molar-refractivity contribution in [2.45, 2.75) is 6.92 Å². The first-order valence-electron chi connectivity index (χ1n) is 6.45. The van der Waals surface area contributed by atoms with Crippen LogP contribution in [0.1, 0.15) is 5.56 Å². The van der Waals surface area contributed by atoms with Crippen LogP contribution in [-0.4, -0.2) is 22.4 Å². The molecule has 0 fully saturated rings. The molecule has 2 aromatic carbocycles. The molecule has 0 radical (unpaired) electrons. The second kappa shape index (κ2) is 5.28. The number of benzene rings is 2. The lowest BCUT2D eigenvalue weighted by Gasteiger charge is -2.00. The monoisotopic (exact) mass is 282 g/mol. The van der Waals surface area contributed by atoms with Gasteiger partial charge < -0.3 is 14.4 Å². The van der Waals surface area contributed by atoms with Gasteiger partial charge >= 0.3 is 0 Å². The number of phenols is 1. The highest BCUT2D eigenvalue weighted by molar-refractivity contribution is 5.61. The van der Waals surface area contributed by atoms with Crippen LogP contribution in [0.3, 0.4) is 0 Å². The van der Waals surface area contributed by atoms with Crippen molar-refractivity contribution in [2.24, 2.45) is 0 Å². The highest BCUT2D eigenvalue weighted by Crippen LogP contribution is 2.26. The molecule has 3 rings (SSSR count). The lowest BCUT2D eigenvalue weighted by Crippen LogP contribution is -1.84. The van der Waals surface area contributed by atoms with E-state index in [2.05, 4.69) is 10.1 Å². The van der Waals surface area contributed by atoms with E-state index in [1.165, 1.54) is 0 Å². The van der Waals surface area contributed by atoms with Gasteiger partial charge in [0.05, 0.1) is 7.11 Å². The molecule has 21 heavy (non-hydrogen) atoms. The van der Waals surface area contributed by atoms with Crippen molar-refractivity contribution in [1.29, 1.82) is 0 Å². The number of aromatic hydroxyl groups is 1. The van der Waals surface area contributed by atoms with E-state index in [0.29, 0.717) is 11.7 Å². The number of methoxy groups -OCH3 is 1. The van der Waals surface area contributed by atoms with E-state index in [1.807, 2.05) is 31.2 Å². The lowest BCUT2D eigenvalue weighted by atomic mass is 10.1. The maximum atomic E-state index is 9.54. The summed E-state index contributed by atoms with van der Waals surface area (Å²) in [6.07, 6.45) is 0. The van der Waals surface area contributed by atoms with E-state index < -0.39 is 0 Å². The summed E-state index contributed by atoms with van der Waals surface area (Å²) in [5.41, 5.74) is 2.38. The third-order valence-corrected chi connectivity index (χ3v) is 3.22. The SMILES string of the molecule is COc1ccc(-c2noc(-c3ccc(O)c(C)c3)n2)cc1. The normalized spacial score (nSPS) is 10.6. The van der Waals surface area contributed by atoms with Crippen LogP contribution in [0.25, 0.3) is 22.8 Å². The number of aryl methyl sites for hydroxylation is 1. The molecule has 5 nitrogen and oxygen atoms in total. The highest BCUT2D eigenvalue weighted by Gasteiger charge is 2.11. The van der Waals surface area contributed by atoms with Crippen LogP contribution in [0, 0.1) is 6.92 Å². The van der Waals surface area contributed by atoms with Crippen LogP contribution in [0.15, 0.2) is 47.0 Å². The maximum Gasteiger partial charge on any atom is 0.258 e. The van der Waals surface area contributed by atoms with Gasteiger partial charge in [-0.25, -0.2) is 0 Å². The molecule has 0 saturated heterocycles. The summed E-state index contributed by atoms with van der Waals surface area (Å²) in [4.78, 5) is 4.38. The van der Waals surface area contributed by atoms with Crippen molar-refractivity contribution in [1.82, 2.24) is 10.1 Å². The minimum atomic E-state index is 0.244. The van der Waals surface area contributed by atoms with Crippen molar-refractivity contribution < 1.29 is 14.4 Å². The standard InChI is InChI=1S/C16H14N2O3/c1-10-9-12(5-8-14(10)19)16-17-15(18-21-16)11-3-6-13(20-2)7-4-11/h3-9,19H,1-2H3. The topological polar surface area (TPSA) is 68.4 Å². The molecule has 1 N–H and O–H groups in total. The fourth-order valence-electron chi connectivity index (χ4n) is 1.99. The summed E-state index contributed by atoms with van der Waals surface area (Å²) in [5.74, 6) is 1.95. The first kappa shape index (κ1) is 13.2. The van der Waals surface area contributed by atoms with E-state index >= 15 is 0 Å². The Balaban J connectivity index is 1.93. The second-order valence-corrected chi connectivity index (χ2v) is 4.65. The third kappa shape index (κ3) is 2.58. The number of hydrogen-bond donors (Lipinski definition) is 1. The molecule has 0 amide bonds. The Morgan fingerprint density at radius 2 is 1.76 bits per heavy atom. The molecular formula is C16H14N2O3. The van der Waals surface area contributed by atoms with Crippen molar-refractivity contribution in [3.8, 4) is 34.3 Å². The second-order valence-electron chi connectivity index (χ2n) is 4.65. The Bertz CT molecular complexity index is 763. The zero-order valence-electron chi connectivity index (χ0n) is 11.7. The van der Waals surface area contributed by atoms with E-state index in [-0.39, 0.29) is 5.75 Å². The third-order valence-electron chi connectivity index (χ3n) is 3.22. The average Bonchev–Trinajstić information content (AvgIpc) is 3.00. The zero-order chi connectivity index (χ0) is 14.8. The molecule has 1 aromatic heterocycles. The Hall–Kier alpha value is -2.82. The van der Waals surface area contributed by atoms with Gasteiger partial charge in [-0.2, -0.15) is 4.98 Å². The molecule has 106 valence electrons. The molecule has 0 bridgehead atoms. The Morgan fingerprint density at radius 3 is 2.43 bits per heavy atom. The number of ether oxygens (including phenoxy) is 1. The maximum absolute atomic E-state index is 9.54. The molecule has 5 heteroatoms.